The number of aryl methyl sites for hydroxylation is 1. The van der Waals surface area contributed by atoms with Crippen LogP contribution in [0.2, 0.25) is 0 Å². The van der Waals surface area contributed by atoms with Crippen LogP contribution < -0.4 is 0 Å². The number of carbonyl (C=O) groups is 2. The molecule has 1 N–H and O–H groups in total. The maximum absolute atomic E-state index is 11.5. The summed E-state index contributed by atoms with van der Waals surface area (Å²) < 4.78 is 6.03. The largest absolute Gasteiger partial charge is 0.478 e. The third kappa shape index (κ3) is 2.25. The molecule has 2 rings (SSSR count). The van der Waals surface area contributed by atoms with Crippen molar-refractivity contribution in [2.75, 3.05) is 7.11 Å². The minimum atomic E-state index is -1.05. The summed E-state index contributed by atoms with van der Waals surface area (Å²) >= 11 is 0. The summed E-state index contributed by atoms with van der Waals surface area (Å²) in [5.74, 6) is -1.18. The second-order valence-corrected chi connectivity index (χ2v) is 4.16. The number of nitrogens with zero attached hydrogens (tertiary/aromatic N) is 3. The number of rotatable bonds is 3. The van der Waals surface area contributed by atoms with Crippen molar-refractivity contribution in [3.8, 4) is 5.82 Å². The quantitative estimate of drug-likeness (QED) is 0.850. The van der Waals surface area contributed by atoms with Crippen LogP contribution >= 0.6 is 0 Å². The van der Waals surface area contributed by atoms with E-state index in [1.165, 1.54) is 30.1 Å². The topological polar surface area (TPSA) is 94.3 Å². The van der Waals surface area contributed by atoms with Gasteiger partial charge in [0, 0.05) is 6.20 Å². The van der Waals surface area contributed by atoms with Crippen LogP contribution in [0.25, 0.3) is 5.82 Å². The molecule has 20 heavy (non-hydrogen) atoms. The number of hydrogen-bond donors (Lipinski definition) is 1. The second-order valence-electron chi connectivity index (χ2n) is 4.16. The first-order valence-corrected chi connectivity index (χ1v) is 5.80. The predicted molar refractivity (Wildman–Crippen MR) is 69.1 cm³/mol. The van der Waals surface area contributed by atoms with Crippen LogP contribution in [0.15, 0.2) is 18.3 Å². The number of esters is 1. The molecule has 0 bridgehead atoms. The maximum Gasteiger partial charge on any atom is 0.339 e. The van der Waals surface area contributed by atoms with E-state index in [9.17, 15) is 9.59 Å². The fourth-order valence-corrected chi connectivity index (χ4v) is 1.95. The molecule has 0 radical (unpaired) electrons. The van der Waals surface area contributed by atoms with Gasteiger partial charge in [-0.1, -0.05) is 0 Å². The number of carboxylic acids is 1. The lowest BCUT2D eigenvalue weighted by molar-refractivity contribution is 0.0599. The third-order valence-electron chi connectivity index (χ3n) is 2.89. The Morgan fingerprint density at radius 1 is 1.35 bits per heavy atom. The number of methoxy groups -OCH3 is 1. The molecule has 2 aromatic rings. The van der Waals surface area contributed by atoms with Crippen molar-refractivity contribution >= 4 is 11.9 Å². The van der Waals surface area contributed by atoms with E-state index in [2.05, 4.69) is 14.8 Å². The van der Waals surface area contributed by atoms with Gasteiger partial charge in [-0.15, -0.1) is 0 Å². The molecule has 104 valence electrons. The van der Waals surface area contributed by atoms with Gasteiger partial charge in [-0.2, -0.15) is 5.10 Å². The maximum atomic E-state index is 11.5. The van der Waals surface area contributed by atoms with E-state index in [-0.39, 0.29) is 5.56 Å². The van der Waals surface area contributed by atoms with Crippen molar-refractivity contribution in [3.05, 3.63) is 40.8 Å². The monoisotopic (exact) mass is 275 g/mol. The normalized spacial score (nSPS) is 10.3. The van der Waals surface area contributed by atoms with Gasteiger partial charge in [0.2, 0.25) is 0 Å². The number of ether oxygens (including phenoxy) is 1. The Hall–Kier alpha value is -2.70. The molecule has 0 saturated heterocycles. The lowest BCUT2D eigenvalue weighted by Crippen LogP contribution is -2.07. The molecule has 7 nitrogen and oxygen atoms in total. The fraction of sp³-hybridized carbons (Fsp3) is 0.231. The number of aromatic carboxylic acids is 1. The average Bonchev–Trinajstić information content (AvgIpc) is 2.73. The van der Waals surface area contributed by atoms with Crippen LogP contribution in [0, 0.1) is 13.8 Å². The van der Waals surface area contributed by atoms with Gasteiger partial charge in [-0.05, 0) is 26.0 Å². The number of pyridine rings is 1. The van der Waals surface area contributed by atoms with Gasteiger partial charge in [0.1, 0.15) is 5.56 Å². The van der Waals surface area contributed by atoms with Gasteiger partial charge < -0.3 is 9.84 Å². The first kappa shape index (κ1) is 13.7. The molecule has 0 aromatic carbocycles. The molecule has 0 aliphatic heterocycles. The molecule has 0 spiro atoms. The minimum Gasteiger partial charge on any atom is -0.478 e. The van der Waals surface area contributed by atoms with Gasteiger partial charge in [0.25, 0.3) is 0 Å². The first-order valence-electron chi connectivity index (χ1n) is 5.80. The van der Waals surface area contributed by atoms with Gasteiger partial charge >= 0.3 is 11.9 Å². The standard InChI is InChI=1S/C13H13N3O4/c1-7-11(12(17)18)8(2)16(15-7)10-6-9(4-5-14-10)13(19)20-3/h4-6H,1-3H3,(H,17,18). The highest BCUT2D eigenvalue weighted by molar-refractivity contribution is 5.91. The molecule has 0 atom stereocenters. The summed E-state index contributed by atoms with van der Waals surface area (Å²) in [6.45, 7) is 3.24. The highest BCUT2D eigenvalue weighted by Gasteiger charge is 2.19. The van der Waals surface area contributed by atoms with Crippen LogP contribution in [0.1, 0.15) is 32.1 Å². The number of aromatic nitrogens is 3. The van der Waals surface area contributed by atoms with E-state index in [0.717, 1.165) is 0 Å². The van der Waals surface area contributed by atoms with Gasteiger partial charge in [0.05, 0.1) is 24.1 Å². The van der Waals surface area contributed by atoms with Gasteiger partial charge in [-0.25, -0.2) is 19.3 Å². The van der Waals surface area contributed by atoms with E-state index in [1.807, 2.05) is 0 Å². The predicted octanol–water partition coefficient (Wildman–Crippen LogP) is 1.37. The van der Waals surface area contributed by atoms with Crippen LogP contribution in [0.4, 0.5) is 0 Å². The lowest BCUT2D eigenvalue weighted by Gasteiger charge is -2.05. The van der Waals surface area contributed by atoms with Crippen molar-refractivity contribution in [2.24, 2.45) is 0 Å². The molecular formula is C13H13N3O4. The zero-order chi connectivity index (χ0) is 14.9. The average molecular weight is 275 g/mol. The Morgan fingerprint density at radius 3 is 2.60 bits per heavy atom. The molecule has 2 heterocycles. The summed E-state index contributed by atoms with van der Waals surface area (Å²) in [7, 11) is 1.29. The molecule has 0 fully saturated rings. The van der Waals surface area contributed by atoms with Crippen molar-refractivity contribution < 1.29 is 19.4 Å². The Bertz CT molecular complexity index is 691. The summed E-state index contributed by atoms with van der Waals surface area (Å²) in [6, 6.07) is 3.01. The molecule has 0 unspecified atom stereocenters. The van der Waals surface area contributed by atoms with E-state index < -0.39 is 11.9 Å². The molecule has 2 aromatic heterocycles. The Morgan fingerprint density at radius 2 is 2.05 bits per heavy atom. The van der Waals surface area contributed by atoms with Crippen LogP contribution in [-0.2, 0) is 4.74 Å². The van der Waals surface area contributed by atoms with Crippen molar-refractivity contribution in [3.63, 3.8) is 0 Å². The summed E-state index contributed by atoms with van der Waals surface area (Å²) in [5.41, 5.74) is 1.29. The number of carboxylic acid groups (broad SMARTS) is 1. The van der Waals surface area contributed by atoms with Gasteiger partial charge in [0.15, 0.2) is 5.82 Å². The highest BCUT2D eigenvalue weighted by atomic mass is 16.5. The molecule has 0 aliphatic rings. The smallest absolute Gasteiger partial charge is 0.339 e. The SMILES string of the molecule is COC(=O)c1ccnc(-n2nc(C)c(C(=O)O)c2C)c1. The Labute approximate surface area is 114 Å². The lowest BCUT2D eigenvalue weighted by atomic mass is 10.2. The van der Waals surface area contributed by atoms with Crippen LogP contribution in [-0.4, -0.2) is 38.9 Å². The van der Waals surface area contributed by atoms with E-state index in [4.69, 9.17) is 5.11 Å². The summed E-state index contributed by atoms with van der Waals surface area (Å²) in [6.07, 6.45) is 1.44. The van der Waals surface area contributed by atoms with Crippen molar-refractivity contribution in [1.82, 2.24) is 14.8 Å². The highest BCUT2D eigenvalue weighted by Crippen LogP contribution is 2.17. The third-order valence-corrected chi connectivity index (χ3v) is 2.89. The Kier molecular flexibility index (Phi) is 3.51. The molecule has 7 heteroatoms. The number of hydrogen-bond acceptors (Lipinski definition) is 5. The zero-order valence-electron chi connectivity index (χ0n) is 11.2. The van der Waals surface area contributed by atoms with Crippen molar-refractivity contribution in [1.29, 1.82) is 0 Å². The fourth-order valence-electron chi connectivity index (χ4n) is 1.95. The Balaban J connectivity index is 2.55. The molecular weight excluding hydrogens is 262 g/mol. The summed E-state index contributed by atoms with van der Waals surface area (Å²) in [5, 5.41) is 13.3. The van der Waals surface area contributed by atoms with E-state index in [1.54, 1.807) is 13.8 Å². The second kappa shape index (κ2) is 5.12. The van der Waals surface area contributed by atoms with Crippen molar-refractivity contribution in [2.45, 2.75) is 13.8 Å². The first-order chi connectivity index (χ1) is 9.45. The van der Waals surface area contributed by atoms with Gasteiger partial charge in [-0.3, -0.25) is 0 Å². The molecule has 0 saturated carbocycles. The number of carbonyl (C=O) groups excluding carboxylic acids is 1. The van der Waals surface area contributed by atoms with E-state index in [0.29, 0.717) is 22.8 Å². The minimum absolute atomic E-state index is 0.135. The van der Waals surface area contributed by atoms with Crippen LogP contribution in [0.3, 0.4) is 0 Å². The molecule has 0 aliphatic carbocycles. The summed E-state index contributed by atoms with van der Waals surface area (Å²) in [4.78, 5) is 26.8. The van der Waals surface area contributed by atoms with E-state index >= 15 is 0 Å². The molecule has 0 amide bonds. The zero-order valence-corrected chi connectivity index (χ0v) is 11.2. The van der Waals surface area contributed by atoms with Crippen LogP contribution in [0.5, 0.6) is 0 Å².